The van der Waals surface area contributed by atoms with Gasteiger partial charge in [-0.1, -0.05) is 13.8 Å². The molecule has 0 unspecified atom stereocenters. The van der Waals surface area contributed by atoms with Crippen molar-refractivity contribution in [3.63, 3.8) is 0 Å². The summed E-state index contributed by atoms with van der Waals surface area (Å²) >= 11 is 0. The van der Waals surface area contributed by atoms with E-state index in [4.69, 9.17) is 9.88 Å². The molecule has 10 heteroatoms. The Balaban J connectivity index is 2.44. The Morgan fingerprint density at radius 2 is 2.00 bits per heavy atom. The normalized spacial score (nSPS) is 11.5. The molecule has 1 aromatic heterocycles. The van der Waals surface area contributed by atoms with Gasteiger partial charge in [-0.05, 0) is 12.1 Å². The fraction of sp³-hybridized carbons (Fsp3) is 0.231. The lowest BCUT2D eigenvalue weighted by Crippen LogP contribution is -2.12. The third-order valence-corrected chi connectivity index (χ3v) is 3.75. The van der Waals surface area contributed by atoms with Crippen molar-refractivity contribution in [3.05, 3.63) is 46.4 Å². The van der Waals surface area contributed by atoms with E-state index in [2.05, 4.69) is 9.97 Å². The van der Waals surface area contributed by atoms with Crippen LogP contribution in [-0.2, 0) is 10.0 Å². The van der Waals surface area contributed by atoms with Crippen LogP contribution in [-0.4, -0.2) is 23.3 Å². The monoisotopic (exact) mass is 338 g/mol. The van der Waals surface area contributed by atoms with Crippen LogP contribution in [0.5, 0.6) is 11.6 Å². The van der Waals surface area contributed by atoms with Crippen LogP contribution in [0.15, 0.2) is 35.4 Å². The highest BCUT2D eigenvalue weighted by Crippen LogP contribution is 2.32. The number of aromatic nitrogens is 2. The highest BCUT2D eigenvalue weighted by atomic mass is 32.2. The van der Waals surface area contributed by atoms with E-state index in [0.717, 1.165) is 18.2 Å². The number of nitro groups is 1. The lowest BCUT2D eigenvalue weighted by atomic mass is 10.2. The third kappa shape index (κ3) is 3.99. The van der Waals surface area contributed by atoms with Crippen LogP contribution in [0.1, 0.15) is 25.6 Å². The Morgan fingerprint density at radius 1 is 1.30 bits per heavy atom. The molecule has 1 aromatic carbocycles. The first-order chi connectivity index (χ1) is 10.7. The van der Waals surface area contributed by atoms with Gasteiger partial charge in [-0.15, -0.1) is 0 Å². The smallest absolute Gasteiger partial charge is 0.312 e. The van der Waals surface area contributed by atoms with Crippen LogP contribution in [0, 0.1) is 10.1 Å². The zero-order chi connectivity index (χ0) is 17.2. The minimum atomic E-state index is -4.05. The average Bonchev–Trinajstić information content (AvgIpc) is 2.46. The number of benzene rings is 1. The van der Waals surface area contributed by atoms with Gasteiger partial charge in [0.15, 0.2) is 0 Å². The summed E-state index contributed by atoms with van der Waals surface area (Å²) in [5, 5.41) is 16.1. The Kier molecular flexibility index (Phi) is 4.57. The molecule has 0 fully saturated rings. The quantitative estimate of drug-likeness (QED) is 0.649. The first kappa shape index (κ1) is 16.8. The van der Waals surface area contributed by atoms with Crippen molar-refractivity contribution in [1.29, 1.82) is 0 Å². The Morgan fingerprint density at radius 3 is 2.57 bits per heavy atom. The minimum Gasteiger partial charge on any atom is -0.432 e. The Hall–Kier alpha value is -2.59. The third-order valence-electron chi connectivity index (χ3n) is 2.84. The topological polar surface area (TPSA) is 138 Å². The van der Waals surface area contributed by atoms with Crippen LogP contribution >= 0.6 is 0 Å². The van der Waals surface area contributed by atoms with Gasteiger partial charge in [-0.25, -0.2) is 18.5 Å². The van der Waals surface area contributed by atoms with Crippen LogP contribution in [0.2, 0.25) is 0 Å². The molecule has 9 nitrogen and oxygen atoms in total. The van der Waals surface area contributed by atoms with E-state index in [1.165, 1.54) is 12.3 Å². The lowest BCUT2D eigenvalue weighted by molar-refractivity contribution is -0.385. The van der Waals surface area contributed by atoms with E-state index in [1.54, 1.807) is 0 Å². The van der Waals surface area contributed by atoms with Gasteiger partial charge in [-0.3, -0.25) is 10.1 Å². The summed E-state index contributed by atoms with van der Waals surface area (Å²) in [5.41, 5.74) is -0.527. The van der Waals surface area contributed by atoms with E-state index >= 15 is 0 Å². The van der Waals surface area contributed by atoms with Crippen molar-refractivity contribution in [1.82, 2.24) is 9.97 Å². The number of nitrogens with two attached hydrogens (primary N) is 1. The summed E-state index contributed by atoms with van der Waals surface area (Å²) in [7, 11) is -4.05. The molecule has 0 aliphatic carbocycles. The van der Waals surface area contributed by atoms with Gasteiger partial charge >= 0.3 is 5.69 Å². The number of ether oxygens (including phenoxy) is 1. The SMILES string of the molecule is CC(C)c1nccc(Oc2ccc(S(N)(=O)=O)cc2[N+](=O)[O-])n1. The average molecular weight is 338 g/mol. The number of rotatable bonds is 5. The lowest BCUT2D eigenvalue weighted by Gasteiger charge is -2.08. The molecule has 2 rings (SSSR count). The number of nitrogens with zero attached hydrogens (tertiary/aromatic N) is 3. The largest absolute Gasteiger partial charge is 0.432 e. The fourth-order valence-corrected chi connectivity index (χ4v) is 2.24. The second-order valence-corrected chi connectivity index (χ2v) is 6.50. The molecular weight excluding hydrogens is 324 g/mol. The predicted octanol–water partition coefficient (Wildman–Crippen LogP) is 1.95. The van der Waals surface area contributed by atoms with E-state index in [9.17, 15) is 18.5 Å². The number of nitro benzene ring substituents is 1. The molecule has 0 saturated heterocycles. The molecule has 0 spiro atoms. The van der Waals surface area contributed by atoms with E-state index in [-0.39, 0.29) is 22.4 Å². The molecule has 2 N–H and O–H groups in total. The highest BCUT2D eigenvalue weighted by Gasteiger charge is 2.21. The van der Waals surface area contributed by atoms with E-state index < -0.39 is 20.6 Å². The molecule has 2 aromatic rings. The molecule has 0 saturated carbocycles. The maximum absolute atomic E-state index is 11.3. The summed E-state index contributed by atoms with van der Waals surface area (Å²) in [6.07, 6.45) is 1.47. The summed E-state index contributed by atoms with van der Waals surface area (Å²) in [4.78, 5) is 18.2. The van der Waals surface area contributed by atoms with Gasteiger partial charge in [0.05, 0.1) is 9.82 Å². The number of sulfonamides is 1. The maximum atomic E-state index is 11.3. The molecule has 0 bridgehead atoms. The number of hydrogen-bond donors (Lipinski definition) is 1. The van der Waals surface area contributed by atoms with Gasteiger partial charge in [0, 0.05) is 24.2 Å². The van der Waals surface area contributed by atoms with Gasteiger partial charge in [-0.2, -0.15) is 4.98 Å². The molecular formula is C13H14N4O5S. The molecule has 0 atom stereocenters. The van der Waals surface area contributed by atoms with Crippen molar-refractivity contribution in [2.75, 3.05) is 0 Å². The predicted molar refractivity (Wildman–Crippen MR) is 80.7 cm³/mol. The van der Waals surface area contributed by atoms with Gasteiger partial charge < -0.3 is 4.74 Å². The fourth-order valence-electron chi connectivity index (χ4n) is 1.71. The zero-order valence-corrected chi connectivity index (χ0v) is 13.1. The van der Waals surface area contributed by atoms with E-state index in [0.29, 0.717) is 5.82 Å². The summed E-state index contributed by atoms with van der Waals surface area (Å²) in [6.45, 7) is 3.78. The van der Waals surface area contributed by atoms with Crippen LogP contribution < -0.4 is 9.88 Å². The van der Waals surface area contributed by atoms with Crippen LogP contribution in [0.3, 0.4) is 0 Å². The van der Waals surface area contributed by atoms with Gasteiger partial charge in [0.2, 0.25) is 21.7 Å². The first-order valence-electron chi connectivity index (χ1n) is 6.50. The Bertz CT molecular complexity index is 851. The second kappa shape index (κ2) is 6.26. The molecule has 0 aliphatic heterocycles. The van der Waals surface area contributed by atoms with Crippen molar-refractivity contribution >= 4 is 15.7 Å². The second-order valence-electron chi connectivity index (χ2n) is 4.94. The van der Waals surface area contributed by atoms with Crippen molar-refractivity contribution < 1.29 is 18.1 Å². The number of primary sulfonamides is 1. The minimum absolute atomic E-state index is 0.0540. The van der Waals surface area contributed by atoms with Gasteiger partial charge in [0.1, 0.15) is 5.82 Å². The Labute approximate surface area is 132 Å². The first-order valence-corrected chi connectivity index (χ1v) is 8.05. The zero-order valence-electron chi connectivity index (χ0n) is 12.3. The van der Waals surface area contributed by atoms with E-state index in [1.807, 2.05) is 13.8 Å². The summed E-state index contributed by atoms with van der Waals surface area (Å²) in [5.74, 6) is 0.551. The molecule has 0 aliphatic rings. The van der Waals surface area contributed by atoms with Crippen molar-refractivity contribution in [2.45, 2.75) is 24.7 Å². The van der Waals surface area contributed by atoms with Crippen molar-refractivity contribution in [2.24, 2.45) is 5.14 Å². The summed E-state index contributed by atoms with van der Waals surface area (Å²) < 4.78 is 28.0. The molecule has 0 amide bonds. The number of hydrogen-bond acceptors (Lipinski definition) is 7. The standard InChI is InChI=1S/C13H14N4O5S/c1-8(2)13-15-6-5-12(16-13)22-11-4-3-9(23(14,20)21)7-10(11)17(18)19/h3-8H,1-2H3,(H2,14,20,21). The maximum Gasteiger partial charge on any atom is 0.312 e. The molecule has 122 valence electrons. The van der Waals surface area contributed by atoms with Crippen LogP contribution in [0.4, 0.5) is 5.69 Å². The van der Waals surface area contributed by atoms with Gasteiger partial charge in [0.25, 0.3) is 0 Å². The van der Waals surface area contributed by atoms with Crippen LogP contribution in [0.25, 0.3) is 0 Å². The molecule has 1 heterocycles. The highest BCUT2D eigenvalue weighted by molar-refractivity contribution is 7.89. The van der Waals surface area contributed by atoms with Crippen molar-refractivity contribution in [3.8, 4) is 11.6 Å². The molecule has 23 heavy (non-hydrogen) atoms. The molecule has 0 radical (unpaired) electrons. The summed E-state index contributed by atoms with van der Waals surface area (Å²) in [6, 6.07) is 4.58.